The molecule has 0 fully saturated rings. The van der Waals surface area contributed by atoms with Gasteiger partial charge in [0, 0.05) is 25.2 Å². The number of aromatic nitrogens is 2. The van der Waals surface area contributed by atoms with Gasteiger partial charge in [-0.2, -0.15) is 0 Å². The van der Waals surface area contributed by atoms with Gasteiger partial charge in [-0.3, -0.25) is 9.59 Å². The Balaban J connectivity index is 2.42. The third-order valence-electron chi connectivity index (χ3n) is 2.38. The van der Waals surface area contributed by atoms with Gasteiger partial charge in [0.1, 0.15) is 5.82 Å². The number of carbonyl (C=O) groups excluding carboxylic acids is 2. The zero-order valence-corrected chi connectivity index (χ0v) is 10.5. The molecule has 0 aliphatic carbocycles. The minimum absolute atomic E-state index is 0.259. The maximum Gasteiger partial charge on any atom is 0.305 e. The van der Waals surface area contributed by atoms with Crippen molar-refractivity contribution in [2.24, 2.45) is 0 Å². The Kier molecular flexibility index (Phi) is 5.76. The fourth-order valence-electron chi connectivity index (χ4n) is 1.30. The first-order chi connectivity index (χ1) is 8.65. The number of hydrogen-bond acceptors (Lipinski definition) is 6. The van der Waals surface area contributed by atoms with Crippen LogP contribution in [0.2, 0.25) is 0 Å². The molecule has 6 heteroatoms. The first-order valence-corrected chi connectivity index (χ1v) is 5.59. The summed E-state index contributed by atoms with van der Waals surface area (Å²) in [6.07, 6.45) is 4.87. The van der Waals surface area contributed by atoms with Crippen molar-refractivity contribution in [2.45, 2.75) is 25.7 Å². The second-order valence-electron chi connectivity index (χ2n) is 3.66. The van der Waals surface area contributed by atoms with E-state index in [1.807, 2.05) is 0 Å². The Hall–Kier alpha value is -1.98. The first kappa shape index (κ1) is 14.1. The van der Waals surface area contributed by atoms with E-state index < -0.39 is 0 Å². The molecule has 0 radical (unpaired) electrons. The molecule has 0 N–H and O–H groups in total. The van der Waals surface area contributed by atoms with Crippen LogP contribution >= 0.6 is 0 Å². The summed E-state index contributed by atoms with van der Waals surface area (Å²) >= 11 is 0. The van der Waals surface area contributed by atoms with Crippen LogP contribution in [0.3, 0.4) is 0 Å². The van der Waals surface area contributed by atoms with Gasteiger partial charge >= 0.3 is 11.9 Å². The van der Waals surface area contributed by atoms with Crippen molar-refractivity contribution >= 4 is 11.9 Å². The minimum Gasteiger partial charge on any atom is -0.469 e. The van der Waals surface area contributed by atoms with Crippen LogP contribution in [0.4, 0.5) is 0 Å². The van der Waals surface area contributed by atoms with E-state index >= 15 is 0 Å². The van der Waals surface area contributed by atoms with Gasteiger partial charge in [-0.1, -0.05) is 0 Å². The van der Waals surface area contributed by atoms with Gasteiger partial charge in [0.15, 0.2) is 0 Å². The van der Waals surface area contributed by atoms with E-state index in [1.165, 1.54) is 14.2 Å². The zero-order chi connectivity index (χ0) is 13.4. The van der Waals surface area contributed by atoms with E-state index in [0.29, 0.717) is 25.1 Å². The molecule has 0 saturated heterocycles. The molecule has 0 aliphatic heterocycles. The smallest absolute Gasteiger partial charge is 0.305 e. The van der Waals surface area contributed by atoms with Crippen molar-refractivity contribution in [3.63, 3.8) is 0 Å². The number of esters is 2. The Labute approximate surface area is 105 Å². The Morgan fingerprint density at radius 2 is 1.50 bits per heavy atom. The van der Waals surface area contributed by atoms with E-state index in [9.17, 15) is 9.59 Å². The number of methoxy groups -OCH3 is 2. The van der Waals surface area contributed by atoms with E-state index in [-0.39, 0.29) is 18.4 Å². The SMILES string of the molecule is COC(=O)CCc1cnc(CCC(=O)OC)nc1. The highest BCUT2D eigenvalue weighted by atomic mass is 16.5. The minimum atomic E-state index is -0.284. The lowest BCUT2D eigenvalue weighted by Gasteiger charge is -2.02. The highest BCUT2D eigenvalue weighted by molar-refractivity contribution is 5.69. The van der Waals surface area contributed by atoms with Crippen LogP contribution in [-0.2, 0) is 31.9 Å². The maximum absolute atomic E-state index is 10.9. The largest absolute Gasteiger partial charge is 0.469 e. The van der Waals surface area contributed by atoms with Crippen molar-refractivity contribution < 1.29 is 19.1 Å². The molecule has 0 bridgehead atoms. The molecule has 18 heavy (non-hydrogen) atoms. The number of aryl methyl sites for hydroxylation is 2. The predicted octanol–water partition coefficient (Wildman–Crippen LogP) is 0.688. The van der Waals surface area contributed by atoms with Crippen molar-refractivity contribution in [1.29, 1.82) is 0 Å². The maximum atomic E-state index is 10.9. The normalized spacial score (nSPS) is 9.89. The molecule has 1 aromatic heterocycles. The fraction of sp³-hybridized carbons (Fsp3) is 0.500. The number of ether oxygens (including phenoxy) is 2. The Morgan fingerprint density at radius 1 is 1.00 bits per heavy atom. The monoisotopic (exact) mass is 252 g/mol. The van der Waals surface area contributed by atoms with Crippen LogP contribution in [0, 0.1) is 0 Å². The van der Waals surface area contributed by atoms with Gasteiger partial charge in [-0.25, -0.2) is 9.97 Å². The summed E-state index contributed by atoms with van der Waals surface area (Å²) in [7, 11) is 2.70. The average Bonchev–Trinajstić information content (AvgIpc) is 2.43. The lowest BCUT2D eigenvalue weighted by atomic mass is 10.2. The first-order valence-electron chi connectivity index (χ1n) is 5.59. The molecule has 6 nitrogen and oxygen atoms in total. The molecule has 98 valence electrons. The third kappa shape index (κ3) is 4.90. The van der Waals surface area contributed by atoms with Gasteiger partial charge in [0.2, 0.25) is 0 Å². The summed E-state index contributed by atoms with van der Waals surface area (Å²) in [4.78, 5) is 30.1. The molecule has 0 saturated carbocycles. The molecule has 0 aliphatic rings. The van der Waals surface area contributed by atoms with Crippen LogP contribution in [0.25, 0.3) is 0 Å². The van der Waals surface area contributed by atoms with Gasteiger partial charge in [-0.15, -0.1) is 0 Å². The van der Waals surface area contributed by atoms with Gasteiger partial charge in [-0.05, 0) is 12.0 Å². The summed E-state index contributed by atoms with van der Waals surface area (Å²) in [6, 6.07) is 0. The van der Waals surface area contributed by atoms with Crippen LogP contribution in [0.1, 0.15) is 24.2 Å². The van der Waals surface area contributed by atoms with Crippen molar-refractivity contribution in [1.82, 2.24) is 9.97 Å². The van der Waals surface area contributed by atoms with Gasteiger partial charge < -0.3 is 9.47 Å². The van der Waals surface area contributed by atoms with E-state index in [4.69, 9.17) is 0 Å². The topological polar surface area (TPSA) is 78.4 Å². The Morgan fingerprint density at radius 3 is 2.00 bits per heavy atom. The molecule has 0 aromatic carbocycles. The van der Waals surface area contributed by atoms with Gasteiger partial charge in [0.25, 0.3) is 0 Å². The molecule has 1 aromatic rings. The quantitative estimate of drug-likeness (QED) is 0.693. The van der Waals surface area contributed by atoms with Crippen molar-refractivity contribution in [3.8, 4) is 0 Å². The van der Waals surface area contributed by atoms with E-state index in [0.717, 1.165) is 5.56 Å². The fourth-order valence-corrected chi connectivity index (χ4v) is 1.30. The lowest BCUT2D eigenvalue weighted by molar-refractivity contribution is -0.141. The zero-order valence-electron chi connectivity index (χ0n) is 10.5. The molecule has 0 unspecified atom stereocenters. The van der Waals surface area contributed by atoms with Gasteiger partial charge in [0.05, 0.1) is 20.6 Å². The molecule has 1 rings (SSSR count). The number of hydrogen-bond donors (Lipinski definition) is 0. The summed E-state index contributed by atoms with van der Waals surface area (Å²) in [6.45, 7) is 0. The number of rotatable bonds is 6. The van der Waals surface area contributed by atoms with E-state index in [2.05, 4.69) is 19.4 Å². The Bertz CT molecular complexity index is 364. The molecule has 0 spiro atoms. The standard InChI is InChI=1S/C12H16N2O4/c1-17-11(15)5-3-9-7-13-10(14-8-9)4-6-12(16)18-2/h7-8H,3-6H2,1-2H3. The second kappa shape index (κ2) is 7.37. The van der Waals surface area contributed by atoms with Crippen molar-refractivity contribution in [3.05, 3.63) is 23.8 Å². The van der Waals surface area contributed by atoms with Crippen LogP contribution in [0.15, 0.2) is 12.4 Å². The predicted molar refractivity (Wildman–Crippen MR) is 62.7 cm³/mol. The summed E-state index contributed by atoms with van der Waals surface area (Å²) in [5, 5.41) is 0. The third-order valence-corrected chi connectivity index (χ3v) is 2.38. The summed E-state index contributed by atoms with van der Waals surface area (Å²) in [5.74, 6) is 0.0420. The molecular formula is C12H16N2O4. The van der Waals surface area contributed by atoms with E-state index in [1.54, 1.807) is 12.4 Å². The van der Waals surface area contributed by atoms with Crippen LogP contribution < -0.4 is 0 Å². The number of nitrogens with zero attached hydrogens (tertiary/aromatic N) is 2. The molecular weight excluding hydrogens is 236 g/mol. The van der Waals surface area contributed by atoms with Crippen molar-refractivity contribution in [2.75, 3.05) is 14.2 Å². The molecule has 0 amide bonds. The second-order valence-corrected chi connectivity index (χ2v) is 3.66. The van der Waals surface area contributed by atoms with Crippen LogP contribution in [-0.4, -0.2) is 36.1 Å². The van der Waals surface area contributed by atoms with Crippen LogP contribution in [0.5, 0.6) is 0 Å². The average molecular weight is 252 g/mol. The highest BCUT2D eigenvalue weighted by Crippen LogP contribution is 2.03. The molecule has 0 atom stereocenters. The number of carbonyl (C=O) groups is 2. The molecule has 1 heterocycles. The highest BCUT2D eigenvalue weighted by Gasteiger charge is 2.05. The summed E-state index contributed by atoms with van der Waals surface area (Å²) in [5.41, 5.74) is 0.863. The lowest BCUT2D eigenvalue weighted by Crippen LogP contribution is -2.06. The summed E-state index contributed by atoms with van der Waals surface area (Å²) < 4.78 is 9.07.